The number of amides is 2. The highest BCUT2D eigenvalue weighted by Gasteiger charge is 2.27. The minimum atomic E-state index is -1.12. The molecule has 0 aliphatic heterocycles. The fourth-order valence-corrected chi connectivity index (χ4v) is 5.03. The number of nitrogens with zero attached hydrogens (tertiary/aromatic N) is 2. The fraction of sp³-hybridized carbons (Fsp3) is 0.273. The van der Waals surface area contributed by atoms with Crippen LogP contribution in [0.25, 0.3) is 17.2 Å². The van der Waals surface area contributed by atoms with Gasteiger partial charge >= 0.3 is 6.09 Å². The highest BCUT2D eigenvalue weighted by atomic mass is 19.1. The second-order valence-electron chi connectivity index (χ2n) is 10.3. The van der Waals surface area contributed by atoms with E-state index in [1.54, 1.807) is 18.2 Å². The number of nitrogens with one attached hydrogen (secondary N) is 1. The molecule has 1 aliphatic carbocycles. The number of ether oxygens (including phenoxy) is 2. The third kappa shape index (κ3) is 6.80. The molecule has 0 saturated carbocycles. The summed E-state index contributed by atoms with van der Waals surface area (Å²) < 4.78 is 25.7. The molecule has 0 aromatic heterocycles. The van der Waals surface area contributed by atoms with Crippen molar-refractivity contribution in [1.29, 1.82) is 0 Å². The molecule has 0 saturated heterocycles. The van der Waals surface area contributed by atoms with Gasteiger partial charge in [-0.3, -0.25) is 9.69 Å². The average molecular weight is 574 g/mol. The molecule has 0 heterocycles. The molecular formula is C33H36FN3O5. The molecule has 220 valence electrons. The van der Waals surface area contributed by atoms with E-state index < -0.39 is 6.09 Å². The molecule has 0 atom stereocenters. The molecule has 9 heteroatoms. The maximum absolute atomic E-state index is 14.4. The van der Waals surface area contributed by atoms with Gasteiger partial charge in [0.25, 0.3) is 0 Å². The Morgan fingerprint density at radius 3 is 2.21 bits per heavy atom. The topological polar surface area (TPSA) is 91.3 Å². The van der Waals surface area contributed by atoms with E-state index in [-0.39, 0.29) is 24.7 Å². The number of halogens is 1. The molecule has 2 amide bonds. The Morgan fingerprint density at radius 1 is 0.952 bits per heavy atom. The van der Waals surface area contributed by atoms with Crippen molar-refractivity contribution in [2.75, 3.05) is 46.3 Å². The van der Waals surface area contributed by atoms with Crippen LogP contribution >= 0.6 is 0 Å². The number of likely N-dealkylation sites (N-methyl/N-ethyl adjacent to an activating group) is 1. The molecule has 0 bridgehead atoms. The number of carbonyl (C=O) groups excluding carboxylic acids is 1. The summed E-state index contributed by atoms with van der Waals surface area (Å²) in [5.74, 6) is 0.122. The summed E-state index contributed by atoms with van der Waals surface area (Å²) >= 11 is 0. The lowest BCUT2D eigenvalue weighted by Gasteiger charge is -2.25. The molecule has 42 heavy (non-hydrogen) atoms. The van der Waals surface area contributed by atoms with Crippen LogP contribution in [0.15, 0.2) is 66.2 Å². The summed E-state index contributed by atoms with van der Waals surface area (Å²) in [6.45, 7) is 3.04. The molecule has 3 aromatic rings. The number of benzene rings is 3. The zero-order chi connectivity index (χ0) is 30.4. The number of carboxylic acid groups (broad SMARTS) is 1. The van der Waals surface area contributed by atoms with Crippen molar-refractivity contribution in [3.05, 3.63) is 94.3 Å². The second kappa shape index (κ2) is 13.4. The molecule has 0 radical (unpaired) electrons. The lowest BCUT2D eigenvalue weighted by atomic mass is 10.00. The van der Waals surface area contributed by atoms with Crippen LogP contribution in [0, 0.1) is 5.82 Å². The molecule has 0 unspecified atom stereocenters. The van der Waals surface area contributed by atoms with Gasteiger partial charge in [-0.15, -0.1) is 0 Å². The predicted molar refractivity (Wildman–Crippen MR) is 163 cm³/mol. The first kappa shape index (κ1) is 30.3. The summed E-state index contributed by atoms with van der Waals surface area (Å²) in [6.07, 6.45) is 0.887. The smallest absolute Gasteiger partial charge is 0.412 e. The lowest BCUT2D eigenvalue weighted by Crippen LogP contribution is -2.36. The van der Waals surface area contributed by atoms with E-state index in [0.29, 0.717) is 41.4 Å². The second-order valence-corrected chi connectivity index (χ2v) is 10.3. The van der Waals surface area contributed by atoms with Crippen molar-refractivity contribution >= 4 is 34.9 Å². The number of anilines is 1. The van der Waals surface area contributed by atoms with E-state index >= 15 is 0 Å². The van der Waals surface area contributed by atoms with E-state index in [1.165, 1.54) is 31.3 Å². The average Bonchev–Trinajstić information content (AvgIpc) is 3.21. The van der Waals surface area contributed by atoms with Gasteiger partial charge in [0.2, 0.25) is 5.91 Å². The van der Waals surface area contributed by atoms with Gasteiger partial charge in [0.1, 0.15) is 23.0 Å². The van der Waals surface area contributed by atoms with Gasteiger partial charge in [-0.2, -0.15) is 0 Å². The molecule has 2 N–H and O–H groups in total. The third-order valence-corrected chi connectivity index (χ3v) is 7.21. The number of hydrogen-bond donors (Lipinski definition) is 2. The molecule has 1 aliphatic rings. The highest BCUT2D eigenvalue weighted by Crippen LogP contribution is 2.45. The van der Waals surface area contributed by atoms with Crippen LogP contribution in [-0.2, 0) is 11.3 Å². The van der Waals surface area contributed by atoms with E-state index in [0.717, 1.165) is 27.8 Å². The van der Waals surface area contributed by atoms with E-state index in [1.807, 2.05) is 62.3 Å². The van der Waals surface area contributed by atoms with Gasteiger partial charge in [-0.1, -0.05) is 36.4 Å². The Hall–Kier alpha value is -4.63. The van der Waals surface area contributed by atoms with Gasteiger partial charge in [-0.25, -0.2) is 9.18 Å². The van der Waals surface area contributed by atoms with Crippen molar-refractivity contribution in [3.8, 4) is 11.5 Å². The van der Waals surface area contributed by atoms with Crippen LogP contribution in [-0.4, -0.2) is 63.4 Å². The molecule has 8 nitrogen and oxygen atoms in total. The fourth-order valence-electron chi connectivity index (χ4n) is 5.03. The standard InChI is InChI=1S/C33H36FN3O5/c1-21-26(15-23-16-29(41-4)32(30(17-23)42-5)37(33(39)40)14-13-36(2)3)25-12-11-24(34)18-28(25)27(21)19-31(38)35-20-22-9-7-6-8-10-22/h6-12,15-18H,13-14,19-20H2,1-5H3,(H,35,38)(H,39,40)/b26-15-. The normalized spacial score (nSPS) is 13.4. The van der Waals surface area contributed by atoms with E-state index in [9.17, 15) is 19.1 Å². The number of carbonyl (C=O) groups is 2. The molecule has 0 spiro atoms. The highest BCUT2D eigenvalue weighted by molar-refractivity contribution is 6.08. The quantitative estimate of drug-likeness (QED) is 0.296. The number of fused-ring (bicyclic) bond motifs is 1. The van der Waals surface area contributed by atoms with E-state index in [4.69, 9.17) is 9.47 Å². The van der Waals surface area contributed by atoms with Gasteiger partial charge in [0, 0.05) is 19.6 Å². The Labute approximate surface area is 245 Å². The maximum atomic E-state index is 14.4. The Morgan fingerprint density at radius 2 is 1.62 bits per heavy atom. The summed E-state index contributed by atoms with van der Waals surface area (Å²) in [6, 6.07) is 17.7. The largest absolute Gasteiger partial charge is 0.494 e. The van der Waals surface area contributed by atoms with Gasteiger partial charge in [0.05, 0.1) is 20.6 Å². The van der Waals surface area contributed by atoms with Crippen molar-refractivity contribution in [1.82, 2.24) is 10.2 Å². The van der Waals surface area contributed by atoms with Crippen molar-refractivity contribution < 1.29 is 28.6 Å². The SMILES string of the molecule is COc1cc(/C=C2/C(C)=C(CC(=O)NCc3ccccc3)c3cc(F)ccc32)cc(OC)c1N(CCN(C)C)C(=O)O. The maximum Gasteiger partial charge on any atom is 0.412 e. The minimum absolute atomic E-state index is 0.0947. The first-order valence-corrected chi connectivity index (χ1v) is 13.6. The van der Waals surface area contributed by atoms with Crippen LogP contribution in [0.3, 0.4) is 0 Å². The Balaban J connectivity index is 1.72. The van der Waals surface area contributed by atoms with Gasteiger partial charge < -0.3 is 24.8 Å². The lowest BCUT2D eigenvalue weighted by molar-refractivity contribution is -0.120. The monoisotopic (exact) mass is 573 g/mol. The number of hydrogen-bond acceptors (Lipinski definition) is 5. The Kier molecular flexibility index (Phi) is 9.64. The van der Waals surface area contributed by atoms with Gasteiger partial charge in [-0.05, 0) is 90.3 Å². The van der Waals surface area contributed by atoms with Crippen molar-refractivity contribution in [3.63, 3.8) is 0 Å². The minimum Gasteiger partial charge on any atom is -0.494 e. The number of rotatable bonds is 11. The summed E-state index contributed by atoms with van der Waals surface area (Å²) in [5.41, 5.74) is 5.91. The Bertz CT molecular complexity index is 1510. The summed E-state index contributed by atoms with van der Waals surface area (Å²) in [4.78, 5) is 28.2. The molecular weight excluding hydrogens is 537 g/mol. The first-order chi connectivity index (χ1) is 20.1. The van der Waals surface area contributed by atoms with Crippen LogP contribution < -0.4 is 19.7 Å². The predicted octanol–water partition coefficient (Wildman–Crippen LogP) is 5.92. The molecule has 0 fully saturated rings. The van der Waals surface area contributed by atoms with Crippen LogP contribution in [0.5, 0.6) is 11.5 Å². The van der Waals surface area contributed by atoms with E-state index in [2.05, 4.69) is 5.32 Å². The zero-order valence-electron chi connectivity index (χ0n) is 24.5. The summed E-state index contributed by atoms with van der Waals surface area (Å²) in [7, 11) is 6.69. The number of methoxy groups -OCH3 is 2. The van der Waals surface area contributed by atoms with Crippen molar-refractivity contribution in [2.24, 2.45) is 0 Å². The van der Waals surface area contributed by atoms with Crippen molar-refractivity contribution in [2.45, 2.75) is 19.9 Å². The summed E-state index contributed by atoms with van der Waals surface area (Å²) in [5, 5.41) is 12.9. The van der Waals surface area contributed by atoms with Crippen LogP contribution in [0.2, 0.25) is 0 Å². The molecule has 3 aromatic carbocycles. The van der Waals surface area contributed by atoms with Crippen LogP contribution in [0.1, 0.15) is 35.6 Å². The molecule has 4 rings (SSSR count). The van der Waals surface area contributed by atoms with Crippen LogP contribution in [0.4, 0.5) is 14.9 Å². The third-order valence-electron chi connectivity index (χ3n) is 7.21. The first-order valence-electron chi connectivity index (χ1n) is 13.6. The zero-order valence-corrected chi connectivity index (χ0v) is 24.5. The van der Waals surface area contributed by atoms with Gasteiger partial charge in [0.15, 0.2) is 0 Å². The number of allylic oxidation sites excluding steroid dienone is 2.